The number of likely N-dealkylation sites (tertiary alicyclic amines) is 1. The molecule has 0 N–H and O–H groups in total. The summed E-state index contributed by atoms with van der Waals surface area (Å²) in [6.07, 6.45) is 5.01. The van der Waals surface area contributed by atoms with E-state index in [1.807, 2.05) is 0 Å². The molecule has 2 fully saturated rings. The average Bonchev–Trinajstić information content (AvgIpc) is 2.17. The van der Waals surface area contributed by atoms with Gasteiger partial charge in [-0.2, -0.15) is 0 Å². The van der Waals surface area contributed by atoms with E-state index in [1.165, 1.54) is 13.1 Å². The van der Waals surface area contributed by atoms with Crippen molar-refractivity contribution in [2.24, 2.45) is 11.8 Å². The molecule has 0 radical (unpaired) electrons. The SMILES string of the molecule is CN1CC2CS(C)(C)CC2C1. The molecular formula is C9H19NS. The zero-order valence-electron chi connectivity index (χ0n) is 7.84. The third kappa shape index (κ3) is 1.43. The Kier molecular flexibility index (Phi) is 1.73. The molecule has 0 aromatic rings. The Morgan fingerprint density at radius 2 is 1.55 bits per heavy atom. The molecule has 2 heteroatoms. The summed E-state index contributed by atoms with van der Waals surface area (Å²) in [5.74, 6) is 5.21. The standard InChI is InChI=1S/C9H19NS/c1-10-4-8-6-11(2,3)7-9(8)5-10/h8-9H,4-7H2,1-3H3. The molecule has 11 heavy (non-hydrogen) atoms. The quantitative estimate of drug-likeness (QED) is 0.533. The highest BCUT2D eigenvalue weighted by molar-refractivity contribution is 8.32. The maximum Gasteiger partial charge on any atom is 0.00175 e. The molecule has 0 amide bonds. The summed E-state index contributed by atoms with van der Waals surface area (Å²) in [6, 6.07) is 0. The minimum atomic E-state index is -0.156. The highest BCUT2D eigenvalue weighted by Gasteiger charge is 2.40. The monoisotopic (exact) mass is 173 g/mol. The van der Waals surface area contributed by atoms with Crippen LogP contribution in [0.3, 0.4) is 0 Å². The van der Waals surface area contributed by atoms with Crippen LogP contribution in [-0.4, -0.2) is 49.1 Å². The van der Waals surface area contributed by atoms with Crippen LogP contribution in [0.25, 0.3) is 0 Å². The summed E-state index contributed by atoms with van der Waals surface area (Å²) in [5, 5.41) is 0. The van der Waals surface area contributed by atoms with Gasteiger partial charge in [0.1, 0.15) is 0 Å². The third-order valence-electron chi connectivity index (χ3n) is 3.09. The molecule has 2 heterocycles. The van der Waals surface area contributed by atoms with E-state index in [9.17, 15) is 0 Å². The van der Waals surface area contributed by atoms with Crippen molar-refractivity contribution in [3.8, 4) is 0 Å². The van der Waals surface area contributed by atoms with Gasteiger partial charge in [0.2, 0.25) is 0 Å². The number of fused-ring (bicyclic) bond motifs is 1. The minimum Gasteiger partial charge on any atom is -0.306 e. The van der Waals surface area contributed by atoms with Crippen molar-refractivity contribution < 1.29 is 0 Å². The van der Waals surface area contributed by atoms with Gasteiger partial charge in [-0.05, 0) is 42.9 Å². The predicted octanol–water partition coefficient (Wildman–Crippen LogP) is 1.24. The van der Waals surface area contributed by atoms with Crippen LogP contribution in [0.15, 0.2) is 0 Å². The van der Waals surface area contributed by atoms with Crippen LogP contribution in [0.4, 0.5) is 0 Å². The van der Waals surface area contributed by atoms with E-state index in [0.717, 1.165) is 11.8 Å². The van der Waals surface area contributed by atoms with Crippen LogP contribution >= 0.6 is 10.0 Å². The first-order valence-electron chi connectivity index (χ1n) is 4.44. The highest BCUT2D eigenvalue weighted by Crippen LogP contribution is 2.53. The molecule has 0 aliphatic carbocycles. The number of hydrogen-bond donors (Lipinski definition) is 0. The molecule has 2 rings (SSSR count). The molecule has 1 nitrogen and oxygen atoms in total. The van der Waals surface area contributed by atoms with E-state index in [4.69, 9.17) is 0 Å². The zero-order chi connectivity index (χ0) is 8.06. The van der Waals surface area contributed by atoms with Crippen molar-refractivity contribution in [1.82, 2.24) is 4.90 Å². The van der Waals surface area contributed by atoms with Gasteiger partial charge in [-0.15, -0.1) is 0 Å². The van der Waals surface area contributed by atoms with Gasteiger partial charge < -0.3 is 4.90 Å². The molecule has 0 bridgehead atoms. The summed E-state index contributed by atoms with van der Waals surface area (Å²) >= 11 is 0. The summed E-state index contributed by atoms with van der Waals surface area (Å²) in [5.41, 5.74) is 0. The van der Waals surface area contributed by atoms with Crippen molar-refractivity contribution in [2.45, 2.75) is 0 Å². The Hall–Kier alpha value is 0.310. The van der Waals surface area contributed by atoms with Gasteiger partial charge in [0, 0.05) is 13.1 Å². The van der Waals surface area contributed by atoms with E-state index in [1.54, 1.807) is 11.5 Å². The van der Waals surface area contributed by atoms with Crippen molar-refractivity contribution in [2.75, 3.05) is 44.2 Å². The van der Waals surface area contributed by atoms with E-state index in [2.05, 4.69) is 24.5 Å². The lowest BCUT2D eigenvalue weighted by Gasteiger charge is -2.26. The van der Waals surface area contributed by atoms with Crippen LogP contribution in [0.1, 0.15) is 0 Å². The van der Waals surface area contributed by atoms with Crippen LogP contribution in [0.2, 0.25) is 0 Å². The Morgan fingerprint density at radius 1 is 1.09 bits per heavy atom. The van der Waals surface area contributed by atoms with E-state index in [0.29, 0.717) is 0 Å². The second kappa shape index (κ2) is 2.40. The molecule has 2 atom stereocenters. The first-order chi connectivity index (χ1) is 5.07. The molecule has 2 aliphatic rings. The molecule has 66 valence electrons. The minimum absolute atomic E-state index is 0.156. The summed E-state index contributed by atoms with van der Waals surface area (Å²) in [7, 11) is 2.11. The highest BCUT2D eigenvalue weighted by atomic mass is 32.3. The fourth-order valence-corrected chi connectivity index (χ4v) is 5.99. The Labute approximate surface area is 71.5 Å². The van der Waals surface area contributed by atoms with Gasteiger partial charge in [0.05, 0.1) is 0 Å². The molecule has 0 aromatic heterocycles. The van der Waals surface area contributed by atoms with Crippen molar-refractivity contribution in [3.05, 3.63) is 0 Å². The molecular weight excluding hydrogens is 154 g/mol. The van der Waals surface area contributed by atoms with Gasteiger partial charge in [-0.25, -0.2) is 10.0 Å². The molecule has 0 spiro atoms. The second-order valence-corrected chi connectivity index (χ2v) is 9.04. The lowest BCUT2D eigenvalue weighted by molar-refractivity contribution is 0.397. The van der Waals surface area contributed by atoms with Crippen LogP contribution in [0, 0.1) is 11.8 Å². The molecule has 2 saturated heterocycles. The summed E-state index contributed by atoms with van der Waals surface area (Å²) in [6.45, 7) is 2.75. The average molecular weight is 173 g/mol. The zero-order valence-corrected chi connectivity index (χ0v) is 8.66. The van der Waals surface area contributed by atoms with E-state index in [-0.39, 0.29) is 10.0 Å². The fourth-order valence-electron chi connectivity index (χ4n) is 2.78. The van der Waals surface area contributed by atoms with Crippen molar-refractivity contribution in [1.29, 1.82) is 0 Å². The van der Waals surface area contributed by atoms with Gasteiger partial charge in [-0.3, -0.25) is 0 Å². The topological polar surface area (TPSA) is 3.24 Å². The molecule has 2 aliphatic heterocycles. The van der Waals surface area contributed by atoms with Crippen LogP contribution in [-0.2, 0) is 0 Å². The largest absolute Gasteiger partial charge is 0.306 e. The number of hydrogen-bond acceptors (Lipinski definition) is 1. The lowest BCUT2D eigenvalue weighted by Crippen LogP contribution is -2.18. The van der Waals surface area contributed by atoms with Crippen molar-refractivity contribution >= 4 is 10.0 Å². The summed E-state index contributed by atoms with van der Waals surface area (Å²) in [4.78, 5) is 2.50. The first-order valence-corrected chi connectivity index (χ1v) is 7.23. The van der Waals surface area contributed by atoms with Gasteiger partial charge in [0.15, 0.2) is 0 Å². The number of nitrogens with zero attached hydrogens (tertiary/aromatic N) is 1. The summed E-state index contributed by atoms with van der Waals surface area (Å²) < 4.78 is 0. The van der Waals surface area contributed by atoms with Gasteiger partial charge in [0.25, 0.3) is 0 Å². The van der Waals surface area contributed by atoms with E-state index < -0.39 is 0 Å². The second-order valence-electron chi connectivity index (χ2n) is 4.84. The smallest absolute Gasteiger partial charge is 0.00175 e. The Morgan fingerprint density at radius 3 is 2.00 bits per heavy atom. The third-order valence-corrected chi connectivity index (χ3v) is 5.75. The molecule has 2 unspecified atom stereocenters. The van der Waals surface area contributed by atoms with Crippen molar-refractivity contribution in [3.63, 3.8) is 0 Å². The van der Waals surface area contributed by atoms with Gasteiger partial charge >= 0.3 is 0 Å². The van der Waals surface area contributed by atoms with E-state index >= 15 is 0 Å². The normalized spacial score (nSPS) is 45.7. The van der Waals surface area contributed by atoms with Gasteiger partial charge in [-0.1, -0.05) is 0 Å². The fraction of sp³-hybridized carbons (Fsp3) is 1.00. The lowest BCUT2D eigenvalue weighted by atomic mass is 10.0. The van der Waals surface area contributed by atoms with Crippen LogP contribution in [0.5, 0.6) is 0 Å². The molecule has 0 saturated carbocycles. The maximum absolute atomic E-state index is 2.51. The number of rotatable bonds is 0. The molecule has 0 aromatic carbocycles. The maximum atomic E-state index is 2.51. The first kappa shape index (κ1) is 7.93. The van der Waals surface area contributed by atoms with Crippen LogP contribution < -0.4 is 0 Å². The predicted molar refractivity (Wildman–Crippen MR) is 53.7 cm³/mol. The Balaban J connectivity index is 2.04. The Bertz CT molecular complexity index is 151.